The van der Waals surface area contributed by atoms with E-state index in [2.05, 4.69) is 11.9 Å². The van der Waals surface area contributed by atoms with E-state index in [-0.39, 0.29) is 18.6 Å². The Morgan fingerprint density at radius 1 is 1.27 bits per heavy atom. The fourth-order valence-electron chi connectivity index (χ4n) is 2.74. The van der Waals surface area contributed by atoms with Gasteiger partial charge in [0.25, 0.3) is 5.91 Å². The molecule has 1 amide bonds. The van der Waals surface area contributed by atoms with Crippen LogP contribution >= 0.6 is 0 Å². The number of hydrogen-bond donors (Lipinski definition) is 1. The third-order valence-corrected chi connectivity index (χ3v) is 4.02. The van der Waals surface area contributed by atoms with Gasteiger partial charge in [-0.3, -0.25) is 4.79 Å². The van der Waals surface area contributed by atoms with Crippen molar-refractivity contribution in [1.82, 2.24) is 5.32 Å². The van der Waals surface area contributed by atoms with E-state index in [1.165, 1.54) is 6.08 Å². The first-order valence-electron chi connectivity index (χ1n) is 8.68. The highest BCUT2D eigenvalue weighted by molar-refractivity contribution is 5.89. The van der Waals surface area contributed by atoms with E-state index in [1.807, 2.05) is 0 Å². The SMILES string of the molecule is C=CCOc1ccc(/C=C/C(=O)OCC(=O)NC2CCCC2)cc1OC. The molecule has 0 heterocycles. The Morgan fingerprint density at radius 3 is 2.73 bits per heavy atom. The third-order valence-electron chi connectivity index (χ3n) is 4.02. The minimum Gasteiger partial charge on any atom is -0.493 e. The Balaban J connectivity index is 1.82. The number of esters is 1. The van der Waals surface area contributed by atoms with Crippen LogP contribution in [0.4, 0.5) is 0 Å². The molecule has 6 nitrogen and oxygen atoms in total. The first-order valence-corrected chi connectivity index (χ1v) is 8.68. The number of nitrogens with one attached hydrogen (secondary N) is 1. The second-order valence-electron chi connectivity index (χ2n) is 6.00. The van der Waals surface area contributed by atoms with E-state index in [4.69, 9.17) is 14.2 Å². The van der Waals surface area contributed by atoms with Crippen molar-refractivity contribution in [2.24, 2.45) is 0 Å². The Morgan fingerprint density at radius 2 is 2.04 bits per heavy atom. The topological polar surface area (TPSA) is 73.9 Å². The van der Waals surface area contributed by atoms with E-state index in [0.29, 0.717) is 18.1 Å². The number of methoxy groups -OCH3 is 1. The van der Waals surface area contributed by atoms with Crippen LogP contribution in [-0.2, 0) is 14.3 Å². The predicted molar refractivity (Wildman–Crippen MR) is 99.1 cm³/mol. The lowest BCUT2D eigenvalue weighted by Gasteiger charge is -2.11. The van der Waals surface area contributed by atoms with Gasteiger partial charge in [-0.25, -0.2) is 4.79 Å². The number of carbonyl (C=O) groups is 2. The highest BCUT2D eigenvalue weighted by Crippen LogP contribution is 2.28. The summed E-state index contributed by atoms with van der Waals surface area (Å²) in [5.74, 6) is 0.315. The van der Waals surface area contributed by atoms with Crippen molar-refractivity contribution in [3.05, 3.63) is 42.5 Å². The maximum atomic E-state index is 11.8. The Kier molecular flexibility index (Phi) is 7.74. The fraction of sp³-hybridized carbons (Fsp3) is 0.400. The average molecular weight is 359 g/mol. The lowest BCUT2D eigenvalue weighted by Crippen LogP contribution is -2.35. The summed E-state index contributed by atoms with van der Waals surface area (Å²) in [4.78, 5) is 23.5. The van der Waals surface area contributed by atoms with Crippen molar-refractivity contribution in [3.8, 4) is 11.5 Å². The van der Waals surface area contributed by atoms with Crippen LogP contribution in [0.5, 0.6) is 11.5 Å². The second kappa shape index (κ2) is 10.3. The van der Waals surface area contributed by atoms with Gasteiger partial charge in [0.1, 0.15) is 6.61 Å². The van der Waals surface area contributed by atoms with Gasteiger partial charge < -0.3 is 19.5 Å². The van der Waals surface area contributed by atoms with Gasteiger partial charge in [0.05, 0.1) is 7.11 Å². The summed E-state index contributed by atoms with van der Waals surface area (Å²) in [7, 11) is 1.54. The first-order chi connectivity index (χ1) is 12.6. The number of carbonyl (C=O) groups excluding carboxylic acids is 2. The van der Waals surface area contributed by atoms with Crippen molar-refractivity contribution in [1.29, 1.82) is 0 Å². The zero-order valence-corrected chi connectivity index (χ0v) is 15.0. The summed E-state index contributed by atoms with van der Waals surface area (Å²) in [6, 6.07) is 5.50. The van der Waals surface area contributed by atoms with Crippen molar-refractivity contribution in [3.63, 3.8) is 0 Å². The van der Waals surface area contributed by atoms with Crippen molar-refractivity contribution < 1.29 is 23.8 Å². The van der Waals surface area contributed by atoms with E-state index in [9.17, 15) is 9.59 Å². The number of ether oxygens (including phenoxy) is 3. The molecule has 1 saturated carbocycles. The van der Waals surface area contributed by atoms with Crippen LogP contribution in [0.1, 0.15) is 31.2 Å². The van der Waals surface area contributed by atoms with Crippen LogP contribution in [0.15, 0.2) is 36.9 Å². The molecule has 1 aliphatic carbocycles. The van der Waals surface area contributed by atoms with Crippen LogP contribution in [0.25, 0.3) is 6.08 Å². The Labute approximate surface area is 153 Å². The average Bonchev–Trinajstić information content (AvgIpc) is 3.16. The molecule has 1 aliphatic rings. The maximum Gasteiger partial charge on any atom is 0.331 e. The van der Waals surface area contributed by atoms with Crippen molar-refractivity contribution >= 4 is 18.0 Å². The third kappa shape index (κ3) is 6.27. The van der Waals surface area contributed by atoms with Gasteiger partial charge >= 0.3 is 5.97 Å². The van der Waals surface area contributed by atoms with Gasteiger partial charge in [-0.1, -0.05) is 31.6 Å². The van der Waals surface area contributed by atoms with Crippen LogP contribution in [0, 0.1) is 0 Å². The second-order valence-corrected chi connectivity index (χ2v) is 6.00. The quantitative estimate of drug-likeness (QED) is 0.417. The summed E-state index contributed by atoms with van der Waals surface area (Å²) in [6.45, 7) is 3.71. The molecule has 0 bridgehead atoms. The van der Waals surface area contributed by atoms with Crippen LogP contribution in [0.2, 0.25) is 0 Å². The lowest BCUT2D eigenvalue weighted by molar-refractivity contribution is -0.144. The molecule has 0 radical (unpaired) electrons. The number of rotatable bonds is 9. The smallest absolute Gasteiger partial charge is 0.331 e. The standard InChI is InChI=1S/C20H25NO5/c1-3-12-25-17-10-8-15(13-18(17)24-2)9-11-20(23)26-14-19(22)21-16-6-4-5-7-16/h3,8-11,13,16H,1,4-7,12,14H2,2H3,(H,21,22)/b11-9+. The Bertz CT molecular complexity index is 662. The normalized spacial score (nSPS) is 14.2. The van der Waals surface area contributed by atoms with Crippen molar-refractivity contribution in [2.45, 2.75) is 31.7 Å². The van der Waals surface area contributed by atoms with E-state index in [0.717, 1.165) is 31.2 Å². The van der Waals surface area contributed by atoms with E-state index >= 15 is 0 Å². The van der Waals surface area contributed by atoms with Gasteiger partial charge in [-0.2, -0.15) is 0 Å². The molecule has 1 fully saturated rings. The van der Waals surface area contributed by atoms with Gasteiger partial charge in [-0.15, -0.1) is 0 Å². The highest BCUT2D eigenvalue weighted by atomic mass is 16.5. The summed E-state index contributed by atoms with van der Waals surface area (Å²) in [6.07, 6.45) is 8.77. The molecule has 0 aromatic heterocycles. The monoisotopic (exact) mass is 359 g/mol. The van der Waals surface area contributed by atoms with Gasteiger partial charge in [-0.05, 0) is 36.6 Å². The predicted octanol–water partition coefficient (Wildman–Crippen LogP) is 2.88. The van der Waals surface area contributed by atoms with E-state index < -0.39 is 5.97 Å². The lowest BCUT2D eigenvalue weighted by atomic mass is 10.2. The molecule has 0 spiro atoms. The number of amides is 1. The maximum absolute atomic E-state index is 11.8. The fourth-order valence-corrected chi connectivity index (χ4v) is 2.74. The zero-order valence-electron chi connectivity index (χ0n) is 15.0. The molecule has 1 aromatic carbocycles. The molecule has 0 saturated heterocycles. The largest absolute Gasteiger partial charge is 0.493 e. The molecule has 0 unspecified atom stereocenters. The molecule has 6 heteroatoms. The molecular formula is C20H25NO5. The summed E-state index contributed by atoms with van der Waals surface area (Å²) in [5, 5.41) is 2.87. The molecular weight excluding hydrogens is 334 g/mol. The zero-order chi connectivity index (χ0) is 18.8. The van der Waals surface area contributed by atoms with Gasteiger partial charge in [0.15, 0.2) is 18.1 Å². The number of benzene rings is 1. The minimum atomic E-state index is -0.572. The molecule has 140 valence electrons. The number of hydrogen-bond acceptors (Lipinski definition) is 5. The molecule has 26 heavy (non-hydrogen) atoms. The van der Waals surface area contributed by atoms with Crippen molar-refractivity contribution in [2.75, 3.05) is 20.3 Å². The molecule has 0 aliphatic heterocycles. The first kappa shape index (κ1) is 19.6. The Hall–Kier alpha value is -2.76. The van der Waals surface area contributed by atoms with Crippen LogP contribution < -0.4 is 14.8 Å². The van der Waals surface area contributed by atoms with Crippen LogP contribution in [0.3, 0.4) is 0 Å². The van der Waals surface area contributed by atoms with E-state index in [1.54, 1.807) is 37.5 Å². The highest BCUT2D eigenvalue weighted by Gasteiger charge is 2.17. The summed E-state index contributed by atoms with van der Waals surface area (Å²) < 4.78 is 15.7. The molecule has 0 atom stereocenters. The molecule has 2 rings (SSSR count). The molecule has 1 aromatic rings. The molecule has 1 N–H and O–H groups in total. The van der Waals surface area contributed by atoms with Gasteiger partial charge in [0, 0.05) is 12.1 Å². The summed E-state index contributed by atoms with van der Waals surface area (Å²) in [5.41, 5.74) is 0.750. The van der Waals surface area contributed by atoms with Crippen LogP contribution in [-0.4, -0.2) is 38.2 Å². The van der Waals surface area contributed by atoms with Gasteiger partial charge in [0.2, 0.25) is 0 Å². The summed E-state index contributed by atoms with van der Waals surface area (Å²) >= 11 is 0. The minimum absolute atomic E-state index is 0.214.